The molecule has 1 aliphatic carbocycles. The van der Waals surface area contributed by atoms with Gasteiger partial charge in [-0.3, -0.25) is 9.59 Å². The number of para-hydroxylation sites is 2. The number of methoxy groups -OCH3 is 1. The maximum atomic E-state index is 13.0. The first-order chi connectivity index (χ1) is 13.6. The average Bonchev–Trinajstić information content (AvgIpc) is 3.58. The summed E-state index contributed by atoms with van der Waals surface area (Å²) in [5, 5.41) is 4.47. The molecule has 1 amide bonds. The summed E-state index contributed by atoms with van der Waals surface area (Å²) < 4.78 is 6.80. The van der Waals surface area contributed by atoms with Crippen molar-refractivity contribution >= 4 is 11.6 Å². The van der Waals surface area contributed by atoms with Crippen LogP contribution in [0.25, 0.3) is 0 Å². The van der Waals surface area contributed by atoms with Gasteiger partial charge in [0.2, 0.25) is 5.91 Å². The number of carbonyl (C=O) groups excluding carboxylic acids is 1. The zero-order chi connectivity index (χ0) is 19.7. The van der Waals surface area contributed by atoms with Crippen molar-refractivity contribution in [3.8, 4) is 5.75 Å². The lowest BCUT2D eigenvalue weighted by molar-refractivity contribution is -0.135. The molecule has 7 heteroatoms. The number of piperazine rings is 1. The van der Waals surface area contributed by atoms with E-state index in [0.29, 0.717) is 19.0 Å². The molecule has 2 aliphatic rings. The van der Waals surface area contributed by atoms with Gasteiger partial charge in [-0.05, 0) is 38.0 Å². The molecule has 1 unspecified atom stereocenters. The van der Waals surface area contributed by atoms with Gasteiger partial charge in [0.05, 0.1) is 18.5 Å². The Balaban J connectivity index is 1.44. The van der Waals surface area contributed by atoms with Crippen molar-refractivity contribution in [2.24, 2.45) is 0 Å². The Bertz CT molecular complexity index is 914. The third-order valence-electron chi connectivity index (χ3n) is 5.58. The van der Waals surface area contributed by atoms with E-state index in [-0.39, 0.29) is 11.5 Å². The Morgan fingerprint density at radius 2 is 1.82 bits per heavy atom. The summed E-state index contributed by atoms with van der Waals surface area (Å²) in [5.41, 5.74) is 1.73. The number of amides is 1. The van der Waals surface area contributed by atoms with Crippen LogP contribution in [0, 0.1) is 0 Å². The smallest absolute Gasteiger partial charge is 0.267 e. The quantitative estimate of drug-likeness (QED) is 0.792. The zero-order valence-electron chi connectivity index (χ0n) is 16.4. The highest BCUT2D eigenvalue weighted by atomic mass is 16.5. The number of aromatic nitrogens is 2. The number of ether oxygens (including phenoxy) is 1. The minimum absolute atomic E-state index is 0.0535. The number of carbonyl (C=O) groups is 1. The molecular formula is C21H26N4O3. The van der Waals surface area contributed by atoms with Crippen LogP contribution < -0.4 is 15.2 Å². The monoisotopic (exact) mass is 382 g/mol. The van der Waals surface area contributed by atoms with Gasteiger partial charge >= 0.3 is 0 Å². The largest absolute Gasteiger partial charge is 0.495 e. The molecule has 1 aromatic heterocycles. The first-order valence-corrected chi connectivity index (χ1v) is 9.85. The van der Waals surface area contributed by atoms with E-state index in [0.717, 1.165) is 43.1 Å². The molecule has 0 bridgehead atoms. The molecule has 28 heavy (non-hydrogen) atoms. The molecule has 2 fully saturated rings. The van der Waals surface area contributed by atoms with Gasteiger partial charge in [-0.25, -0.2) is 4.68 Å². The highest BCUT2D eigenvalue weighted by Crippen LogP contribution is 2.38. The van der Waals surface area contributed by atoms with Crippen LogP contribution in [0.2, 0.25) is 0 Å². The first-order valence-electron chi connectivity index (χ1n) is 9.85. The van der Waals surface area contributed by atoms with Gasteiger partial charge in [0, 0.05) is 38.2 Å². The predicted molar refractivity (Wildman–Crippen MR) is 107 cm³/mol. The number of anilines is 1. The number of nitrogens with zero attached hydrogens (tertiary/aromatic N) is 4. The Kier molecular flexibility index (Phi) is 5.07. The van der Waals surface area contributed by atoms with Crippen LogP contribution in [0.3, 0.4) is 0 Å². The van der Waals surface area contributed by atoms with Gasteiger partial charge in [-0.15, -0.1) is 0 Å². The summed E-state index contributed by atoms with van der Waals surface area (Å²) >= 11 is 0. The molecule has 2 aromatic rings. The summed E-state index contributed by atoms with van der Waals surface area (Å²) in [6, 6.07) is 10.6. The predicted octanol–water partition coefficient (Wildman–Crippen LogP) is 2.04. The average molecular weight is 382 g/mol. The summed E-state index contributed by atoms with van der Waals surface area (Å²) in [7, 11) is 1.67. The summed E-state index contributed by atoms with van der Waals surface area (Å²) in [6.07, 6.45) is 2.22. The summed E-state index contributed by atoms with van der Waals surface area (Å²) in [6.45, 7) is 4.43. The van der Waals surface area contributed by atoms with Crippen LogP contribution in [0.15, 0.2) is 41.2 Å². The Hall–Kier alpha value is -2.83. The van der Waals surface area contributed by atoms with E-state index in [2.05, 4.69) is 10.00 Å². The maximum absolute atomic E-state index is 13.0. The summed E-state index contributed by atoms with van der Waals surface area (Å²) in [4.78, 5) is 29.3. The van der Waals surface area contributed by atoms with Gasteiger partial charge < -0.3 is 14.5 Å². The van der Waals surface area contributed by atoms with E-state index in [1.54, 1.807) is 20.1 Å². The van der Waals surface area contributed by atoms with Crippen molar-refractivity contribution in [3.05, 3.63) is 52.4 Å². The molecule has 2 heterocycles. The van der Waals surface area contributed by atoms with E-state index in [1.165, 1.54) is 10.7 Å². The van der Waals surface area contributed by atoms with E-state index in [4.69, 9.17) is 4.74 Å². The highest BCUT2D eigenvalue weighted by molar-refractivity contribution is 5.80. The first kappa shape index (κ1) is 18.5. The number of hydrogen-bond acceptors (Lipinski definition) is 5. The Labute approximate surface area is 164 Å². The summed E-state index contributed by atoms with van der Waals surface area (Å²) in [5.74, 6) is 1.23. The molecule has 0 spiro atoms. The molecular weight excluding hydrogens is 356 g/mol. The molecule has 1 aliphatic heterocycles. The topological polar surface area (TPSA) is 67.7 Å². The lowest BCUT2D eigenvalue weighted by Gasteiger charge is -2.37. The fraction of sp³-hybridized carbons (Fsp3) is 0.476. The third kappa shape index (κ3) is 3.61. The fourth-order valence-corrected chi connectivity index (χ4v) is 3.74. The Morgan fingerprint density at radius 1 is 1.11 bits per heavy atom. The van der Waals surface area contributed by atoms with Crippen LogP contribution >= 0.6 is 0 Å². The minimum Gasteiger partial charge on any atom is -0.495 e. The SMILES string of the molecule is COc1ccccc1N1CCN(C(=O)C(C)n2nc(C3CC3)ccc2=O)CC1. The molecule has 1 saturated heterocycles. The van der Waals surface area contributed by atoms with Crippen molar-refractivity contribution in [2.75, 3.05) is 38.2 Å². The molecule has 1 atom stereocenters. The Morgan fingerprint density at radius 3 is 2.50 bits per heavy atom. The number of hydrogen-bond donors (Lipinski definition) is 0. The van der Waals surface area contributed by atoms with Crippen molar-refractivity contribution < 1.29 is 9.53 Å². The van der Waals surface area contributed by atoms with Crippen LogP contribution in [-0.4, -0.2) is 53.9 Å². The fourth-order valence-electron chi connectivity index (χ4n) is 3.74. The molecule has 7 nitrogen and oxygen atoms in total. The van der Waals surface area contributed by atoms with Gasteiger partial charge in [-0.1, -0.05) is 12.1 Å². The zero-order valence-corrected chi connectivity index (χ0v) is 16.4. The second-order valence-electron chi connectivity index (χ2n) is 7.48. The molecule has 1 saturated carbocycles. The van der Waals surface area contributed by atoms with E-state index in [1.807, 2.05) is 29.2 Å². The van der Waals surface area contributed by atoms with Crippen LogP contribution in [0.4, 0.5) is 5.69 Å². The standard InChI is InChI=1S/C21H26N4O3/c1-15(25-20(26)10-9-17(22-25)16-7-8-16)21(27)24-13-11-23(12-14-24)18-5-3-4-6-19(18)28-2/h3-6,9-10,15-16H,7-8,11-14H2,1-2H3. The van der Waals surface area contributed by atoms with E-state index in [9.17, 15) is 9.59 Å². The normalized spacial score (nSPS) is 18.1. The molecule has 0 N–H and O–H groups in total. The van der Waals surface area contributed by atoms with Gasteiger partial charge in [-0.2, -0.15) is 5.10 Å². The van der Waals surface area contributed by atoms with Crippen LogP contribution in [-0.2, 0) is 4.79 Å². The second kappa shape index (κ2) is 7.66. The van der Waals surface area contributed by atoms with Crippen molar-refractivity contribution in [3.63, 3.8) is 0 Å². The molecule has 4 rings (SSSR count). The lowest BCUT2D eigenvalue weighted by Crippen LogP contribution is -2.51. The maximum Gasteiger partial charge on any atom is 0.267 e. The third-order valence-corrected chi connectivity index (χ3v) is 5.58. The number of rotatable bonds is 5. The van der Waals surface area contributed by atoms with Crippen molar-refractivity contribution in [2.45, 2.75) is 31.7 Å². The number of benzene rings is 1. The lowest BCUT2D eigenvalue weighted by atomic mass is 10.2. The molecule has 148 valence electrons. The van der Waals surface area contributed by atoms with Gasteiger partial charge in [0.15, 0.2) is 0 Å². The van der Waals surface area contributed by atoms with Crippen LogP contribution in [0.1, 0.15) is 37.4 Å². The highest BCUT2D eigenvalue weighted by Gasteiger charge is 2.30. The van der Waals surface area contributed by atoms with E-state index >= 15 is 0 Å². The van der Waals surface area contributed by atoms with E-state index < -0.39 is 6.04 Å². The van der Waals surface area contributed by atoms with Crippen molar-refractivity contribution in [1.82, 2.24) is 14.7 Å². The van der Waals surface area contributed by atoms with Crippen LogP contribution in [0.5, 0.6) is 5.75 Å². The second-order valence-corrected chi connectivity index (χ2v) is 7.48. The molecule has 0 radical (unpaired) electrons. The molecule has 1 aromatic carbocycles. The van der Waals surface area contributed by atoms with Gasteiger partial charge in [0.25, 0.3) is 5.56 Å². The van der Waals surface area contributed by atoms with Crippen molar-refractivity contribution in [1.29, 1.82) is 0 Å². The minimum atomic E-state index is -0.594. The van der Waals surface area contributed by atoms with Gasteiger partial charge in [0.1, 0.15) is 11.8 Å².